The van der Waals surface area contributed by atoms with Crippen LogP contribution in [0.3, 0.4) is 0 Å². The molecule has 0 atom stereocenters. The summed E-state index contributed by atoms with van der Waals surface area (Å²) in [6.07, 6.45) is 0. The van der Waals surface area contributed by atoms with E-state index in [2.05, 4.69) is 0 Å². The van der Waals surface area contributed by atoms with Crippen LogP contribution < -0.4 is 0 Å². The summed E-state index contributed by atoms with van der Waals surface area (Å²) >= 11 is 0. The second kappa shape index (κ2) is 611. The van der Waals surface area contributed by atoms with Gasteiger partial charge < -0.3 is 38.5 Å². The van der Waals surface area contributed by atoms with Crippen molar-refractivity contribution in [2.24, 2.45) is 0 Å². The van der Waals surface area contributed by atoms with E-state index in [9.17, 15) is 0 Å². The van der Waals surface area contributed by atoms with Gasteiger partial charge in [0, 0.05) is 0 Å². The van der Waals surface area contributed by atoms with Gasteiger partial charge in [0.15, 0.2) is 0 Å². The van der Waals surface area contributed by atoms with Crippen LogP contribution >= 0.6 is 0 Å². The second-order valence-electron chi connectivity index (χ2n) is 0. The van der Waals surface area contributed by atoms with Crippen molar-refractivity contribution in [1.82, 2.24) is 0 Å². The molecule has 2 nitrogen and oxygen atoms in total. The molecule has 3 heteroatoms. The third-order valence-corrected chi connectivity index (χ3v) is 0. The maximum atomic E-state index is 6.25. The van der Waals surface area contributed by atoms with E-state index in [1.807, 2.05) is 0 Å². The summed E-state index contributed by atoms with van der Waals surface area (Å²) < 4.78 is 0. The molecule has 0 rings (SSSR count). The molecule has 0 saturated heterocycles. The molecular formula is C4H6N2V. The summed E-state index contributed by atoms with van der Waals surface area (Å²) in [5.74, 6) is 0. The minimum absolute atomic E-state index is 0. The molecule has 37 valence electrons. The normalized spacial score (nSPS) is 0.571. The summed E-state index contributed by atoms with van der Waals surface area (Å²) in [7, 11) is 0. The molecule has 0 aliphatic heterocycles. The molecule has 1 radical (unpaired) electrons. The number of hydrogen-bond acceptors (Lipinski definition) is 2. The Labute approximate surface area is 57.6 Å². The molecule has 0 bridgehead atoms. The van der Waals surface area contributed by atoms with E-state index in [0.717, 1.165) is 0 Å². The van der Waals surface area contributed by atoms with Crippen molar-refractivity contribution in [3.05, 3.63) is 28.0 Å². The summed E-state index contributed by atoms with van der Waals surface area (Å²) in [5, 5.41) is 12.5. The monoisotopic (exact) mass is 133 g/mol. The Hall–Kier alpha value is -0.436. The van der Waals surface area contributed by atoms with E-state index in [1.54, 1.807) is 0 Å². The van der Waals surface area contributed by atoms with E-state index >= 15 is 0 Å². The van der Waals surface area contributed by atoms with Gasteiger partial charge in [0.25, 0.3) is 0 Å². The van der Waals surface area contributed by atoms with E-state index in [0.29, 0.717) is 0 Å². The minimum atomic E-state index is 0. The zero-order chi connectivity index (χ0) is 4.00. The Morgan fingerprint density at radius 2 is 0.714 bits per heavy atom. The SMILES string of the molecule is [C-]#N.[C-]#N.[CH3-].[CH3-].[V+4]. The van der Waals surface area contributed by atoms with Gasteiger partial charge in [0.1, 0.15) is 0 Å². The Morgan fingerprint density at radius 1 is 0.714 bits per heavy atom. The number of hydrogen-bond donors (Lipinski definition) is 0. The predicted molar refractivity (Wildman–Crippen MR) is 22.8 cm³/mol. The molecule has 0 aromatic rings. The smallest absolute Gasteiger partial charge is 0.512 e. The van der Waals surface area contributed by atoms with Crippen molar-refractivity contribution in [3.63, 3.8) is 0 Å². The van der Waals surface area contributed by atoms with Gasteiger partial charge in [-0.1, -0.05) is 0 Å². The van der Waals surface area contributed by atoms with Crippen molar-refractivity contribution >= 4 is 0 Å². The fourth-order valence-electron chi connectivity index (χ4n) is 0. The van der Waals surface area contributed by atoms with Crippen LogP contribution in [-0.2, 0) is 18.6 Å². The molecular weight excluding hydrogens is 127 g/mol. The molecule has 0 N–H and O–H groups in total. The van der Waals surface area contributed by atoms with E-state index in [1.165, 1.54) is 0 Å². The van der Waals surface area contributed by atoms with Crippen molar-refractivity contribution in [3.8, 4) is 0 Å². The first kappa shape index (κ1) is 83.0. The molecule has 0 heterocycles. The molecule has 0 aliphatic rings. The molecule has 0 amide bonds. The van der Waals surface area contributed by atoms with Crippen molar-refractivity contribution in [2.75, 3.05) is 0 Å². The van der Waals surface area contributed by atoms with E-state index < -0.39 is 0 Å². The van der Waals surface area contributed by atoms with Gasteiger partial charge in [0.2, 0.25) is 0 Å². The van der Waals surface area contributed by atoms with Gasteiger partial charge in [-0.2, -0.15) is 0 Å². The minimum Gasteiger partial charge on any atom is -0.512 e. The van der Waals surface area contributed by atoms with Crippen LogP contribution in [-0.4, -0.2) is 0 Å². The Bertz CT molecular complexity index is 25.2. The van der Waals surface area contributed by atoms with Crippen LogP contribution in [0.5, 0.6) is 0 Å². The number of rotatable bonds is 0. The van der Waals surface area contributed by atoms with Crippen molar-refractivity contribution in [1.29, 1.82) is 10.5 Å². The fraction of sp³-hybridized carbons (Fsp3) is 0. The average molecular weight is 133 g/mol. The average Bonchev–Trinajstić information content (AvgIpc) is 1.50. The molecule has 0 unspecified atom stereocenters. The van der Waals surface area contributed by atoms with Gasteiger partial charge >= 0.3 is 18.6 Å². The van der Waals surface area contributed by atoms with E-state index in [4.69, 9.17) is 23.7 Å². The van der Waals surface area contributed by atoms with Crippen LogP contribution in [0, 0.1) is 38.5 Å². The molecule has 7 heavy (non-hydrogen) atoms. The molecule has 0 aromatic carbocycles. The molecule has 0 aromatic heterocycles. The van der Waals surface area contributed by atoms with Crippen LogP contribution in [0.25, 0.3) is 0 Å². The summed E-state index contributed by atoms with van der Waals surface area (Å²) in [5.41, 5.74) is 0. The zero-order valence-electron chi connectivity index (χ0n) is 4.34. The van der Waals surface area contributed by atoms with Gasteiger partial charge in [-0.25, -0.2) is 0 Å². The maximum absolute atomic E-state index is 6.25. The molecule has 0 aliphatic carbocycles. The molecule has 0 spiro atoms. The maximum Gasteiger partial charge on any atom is 4.00 e. The zero-order valence-corrected chi connectivity index (χ0v) is 5.74. The third-order valence-electron chi connectivity index (χ3n) is 0. The van der Waals surface area contributed by atoms with Gasteiger partial charge in [-0.15, -0.1) is 0 Å². The first-order valence-electron chi connectivity index (χ1n) is 0.447. The molecule has 0 fully saturated rings. The largest absolute Gasteiger partial charge is 4.00 e. The fourth-order valence-corrected chi connectivity index (χ4v) is 0. The van der Waals surface area contributed by atoms with Crippen LogP contribution in [0.2, 0.25) is 0 Å². The quantitative estimate of drug-likeness (QED) is 0.464. The predicted octanol–water partition coefficient (Wildman–Crippen LogP) is 1.09. The second-order valence-corrected chi connectivity index (χ2v) is 0. The Kier molecular flexibility index (Phi) is 7250. The van der Waals surface area contributed by atoms with Crippen molar-refractivity contribution in [2.45, 2.75) is 0 Å². The first-order valence-corrected chi connectivity index (χ1v) is 0.447. The van der Waals surface area contributed by atoms with Gasteiger partial charge in [0.05, 0.1) is 0 Å². The van der Waals surface area contributed by atoms with E-state index in [-0.39, 0.29) is 33.4 Å². The van der Waals surface area contributed by atoms with Crippen LogP contribution in [0.1, 0.15) is 0 Å². The summed E-state index contributed by atoms with van der Waals surface area (Å²) in [4.78, 5) is 0. The summed E-state index contributed by atoms with van der Waals surface area (Å²) in [6.45, 7) is 9.50. The Morgan fingerprint density at radius 3 is 0.714 bits per heavy atom. The third kappa shape index (κ3) is 373. The van der Waals surface area contributed by atoms with Gasteiger partial charge in [-0.05, 0) is 0 Å². The Balaban J connectivity index is -0.00000000267. The summed E-state index contributed by atoms with van der Waals surface area (Å²) in [6, 6.07) is 0. The standard InChI is InChI=1S/2CN.2CH3.V/c2*1-2;;;/h;;2*1H3;/q4*-1;+4. The topological polar surface area (TPSA) is 47.6 Å². The first-order chi connectivity index (χ1) is 2.00. The molecule has 0 saturated carbocycles. The van der Waals surface area contributed by atoms with Gasteiger partial charge in [-0.3, -0.25) is 0 Å². The van der Waals surface area contributed by atoms with Crippen molar-refractivity contribution < 1.29 is 18.6 Å². The number of nitrogens with zero attached hydrogens (tertiary/aromatic N) is 2. The van der Waals surface area contributed by atoms with Crippen LogP contribution in [0.4, 0.5) is 0 Å². The van der Waals surface area contributed by atoms with Crippen LogP contribution in [0.15, 0.2) is 0 Å².